The van der Waals surface area contributed by atoms with Crippen molar-refractivity contribution in [2.24, 2.45) is 0 Å². The van der Waals surface area contributed by atoms with E-state index in [4.69, 9.17) is 4.74 Å². The molecule has 0 saturated carbocycles. The fourth-order valence-corrected chi connectivity index (χ4v) is 5.10. The van der Waals surface area contributed by atoms with Gasteiger partial charge in [0, 0.05) is 17.5 Å². The highest BCUT2D eigenvalue weighted by molar-refractivity contribution is 7.91. The molecule has 1 aromatic heterocycles. The number of fused-ring (bicyclic) bond motifs is 1. The second-order valence-corrected chi connectivity index (χ2v) is 9.04. The van der Waals surface area contributed by atoms with Gasteiger partial charge in [0.25, 0.3) is 5.91 Å². The van der Waals surface area contributed by atoms with Crippen LogP contribution in [0.4, 0.5) is 0 Å². The molecular weight excluding hydrogens is 370 g/mol. The molecule has 1 aliphatic rings. The lowest BCUT2D eigenvalue weighted by Crippen LogP contribution is -2.48. The highest BCUT2D eigenvalue weighted by atomic mass is 32.2. The minimum atomic E-state index is -3.12. The van der Waals surface area contributed by atoms with E-state index in [0.717, 1.165) is 0 Å². The van der Waals surface area contributed by atoms with Gasteiger partial charge < -0.3 is 9.64 Å². The molecule has 8 nitrogen and oxygen atoms in total. The Labute approximate surface area is 157 Å². The number of benzene rings is 1. The summed E-state index contributed by atoms with van der Waals surface area (Å²) >= 11 is 0. The molecule has 0 bridgehead atoms. The maximum absolute atomic E-state index is 12.7. The quantitative estimate of drug-likeness (QED) is 0.746. The zero-order chi connectivity index (χ0) is 19.6. The van der Waals surface area contributed by atoms with Crippen LogP contribution in [0.3, 0.4) is 0 Å². The van der Waals surface area contributed by atoms with Crippen molar-refractivity contribution in [1.29, 1.82) is 0 Å². The normalized spacial score (nSPS) is 19.7. The first-order valence-electron chi connectivity index (χ1n) is 8.94. The fraction of sp³-hybridized carbons (Fsp3) is 0.500. The average Bonchev–Trinajstić information content (AvgIpc) is 3.23. The van der Waals surface area contributed by atoms with Crippen LogP contribution in [0, 0.1) is 0 Å². The summed E-state index contributed by atoms with van der Waals surface area (Å²) in [5, 5.41) is 7.33. The Morgan fingerprint density at radius 1 is 1.37 bits per heavy atom. The molecule has 1 aliphatic heterocycles. The molecule has 9 heteroatoms. The van der Waals surface area contributed by atoms with Gasteiger partial charge in [-0.1, -0.05) is 25.1 Å². The standard InChI is InChI=1S/C18H23N3O5S/c1-3-12(2)21(13-8-9-27(24,25)11-13)16(22)10-26-18(23)17-14-6-4-5-7-15(14)19-20-17/h4-7,12-13H,3,8-11H2,1-2H3,(H,19,20)/t12-,13-/m0/s1. The topological polar surface area (TPSA) is 109 Å². The average molecular weight is 393 g/mol. The van der Waals surface area contributed by atoms with Crippen molar-refractivity contribution in [2.45, 2.75) is 38.8 Å². The lowest BCUT2D eigenvalue weighted by molar-refractivity contribution is -0.138. The second-order valence-electron chi connectivity index (χ2n) is 6.81. The Bertz CT molecular complexity index is 953. The van der Waals surface area contributed by atoms with Crippen LogP contribution in [-0.2, 0) is 19.4 Å². The Morgan fingerprint density at radius 3 is 2.78 bits per heavy atom. The largest absolute Gasteiger partial charge is 0.451 e. The molecule has 27 heavy (non-hydrogen) atoms. The third kappa shape index (κ3) is 4.13. The molecule has 1 saturated heterocycles. The third-order valence-electron chi connectivity index (χ3n) is 4.95. The van der Waals surface area contributed by atoms with Crippen molar-refractivity contribution in [3.05, 3.63) is 30.0 Å². The van der Waals surface area contributed by atoms with Crippen molar-refractivity contribution in [2.75, 3.05) is 18.1 Å². The maximum atomic E-state index is 12.7. The Balaban J connectivity index is 1.69. The van der Waals surface area contributed by atoms with E-state index in [-0.39, 0.29) is 35.2 Å². The molecule has 1 amide bonds. The van der Waals surface area contributed by atoms with Crippen LogP contribution in [0.5, 0.6) is 0 Å². The van der Waals surface area contributed by atoms with Gasteiger partial charge >= 0.3 is 5.97 Å². The Kier molecular flexibility index (Phi) is 5.50. The van der Waals surface area contributed by atoms with Crippen molar-refractivity contribution >= 4 is 32.6 Å². The maximum Gasteiger partial charge on any atom is 0.359 e. The number of para-hydroxylation sites is 1. The number of hydrogen-bond donors (Lipinski definition) is 1. The van der Waals surface area contributed by atoms with E-state index >= 15 is 0 Å². The number of H-pyrrole nitrogens is 1. The smallest absolute Gasteiger partial charge is 0.359 e. The van der Waals surface area contributed by atoms with Crippen LogP contribution in [0.2, 0.25) is 0 Å². The second kappa shape index (κ2) is 7.67. The van der Waals surface area contributed by atoms with E-state index in [1.165, 1.54) is 0 Å². The van der Waals surface area contributed by atoms with Gasteiger partial charge in [-0.15, -0.1) is 0 Å². The van der Waals surface area contributed by atoms with Crippen LogP contribution >= 0.6 is 0 Å². The SMILES string of the molecule is CC[C@H](C)N(C(=O)COC(=O)c1n[nH]c2ccccc12)[C@H]1CCS(=O)(=O)C1. The molecule has 1 aromatic carbocycles. The van der Waals surface area contributed by atoms with Crippen molar-refractivity contribution in [1.82, 2.24) is 15.1 Å². The number of hydrogen-bond acceptors (Lipinski definition) is 6. The summed E-state index contributed by atoms with van der Waals surface area (Å²) in [5.74, 6) is -1.04. The van der Waals surface area contributed by atoms with Crippen LogP contribution in [0.15, 0.2) is 24.3 Å². The summed E-state index contributed by atoms with van der Waals surface area (Å²) in [6, 6.07) is 6.62. The van der Waals surface area contributed by atoms with E-state index in [1.54, 1.807) is 23.1 Å². The lowest BCUT2D eigenvalue weighted by atomic mass is 10.1. The Hall–Kier alpha value is -2.42. The first kappa shape index (κ1) is 19.3. The highest BCUT2D eigenvalue weighted by Crippen LogP contribution is 2.22. The van der Waals surface area contributed by atoms with Crippen LogP contribution in [0.25, 0.3) is 10.9 Å². The molecule has 0 aliphatic carbocycles. The van der Waals surface area contributed by atoms with Crippen molar-refractivity contribution in [3.63, 3.8) is 0 Å². The number of nitrogens with zero attached hydrogens (tertiary/aromatic N) is 2. The summed E-state index contributed by atoms with van der Waals surface area (Å²) < 4.78 is 28.8. The molecule has 3 rings (SSSR count). The van der Waals surface area contributed by atoms with Gasteiger partial charge in [-0.05, 0) is 25.8 Å². The summed E-state index contributed by atoms with van der Waals surface area (Å²) in [6.45, 7) is 3.35. The Morgan fingerprint density at radius 2 is 2.11 bits per heavy atom. The number of rotatable bonds is 6. The van der Waals surface area contributed by atoms with Crippen LogP contribution in [0.1, 0.15) is 37.2 Å². The molecule has 0 radical (unpaired) electrons. The number of sulfone groups is 1. The van der Waals surface area contributed by atoms with Gasteiger partial charge in [-0.25, -0.2) is 13.2 Å². The number of esters is 1. The molecule has 0 unspecified atom stereocenters. The summed E-state index contributed by atoms with van der Waals surface area (Å²) in [5.41, 5.74) is 0.824. The number of aromatic amines is 1. The highest BCUT2D eigenvalue weighted by Gasteiger charge is 2.36. The predicted octanol–water partition coefficient (Wildman–Crippen LogP) is 1.53. The molecule has 2 heterocycles. The lowest BCUT2D eigenvalue weighted by Gasteiger charge is -2.33. The predicted molar refractivity (Wildman–Crippen MR) is 100 cm³/mol. The minimum absolute atomic E-state index is 0.0406. The first-order valence-corrected chi connectivity index (χ1v) is 10.8. The number of carbonyl (C=O) groups excluding carboxylic acids is 2. The first-order chi connectivity index (χ1) is 12.8. The zero-order valence-corrected chi connectivity index (χ0v) is 16.2. The van der Waals surface area contributed by atoms with E-state index < -0.39 is 22.4 Å². The number of amides is 1. The van der Waals surface area contributed by atoms with Gasteiger partial charge in [0.1, 0.15) is 0 Å². The molecule has 2 aromatic rings. The number of aromatic nitrogens is 2. The fourth-order valence-electron chi connectivity index (χ4n) is 3.39. The number of nitrogens with one attached hydrogen (secondary N) is 1. The minimum Gasteiger partial charge on any atom is -0.451 e. The monoisotopic (exact) mass is 393 g/mol. The summed E-state index contributed by atoms with van der Waals surface area (Å²) in [4.78, 5) is 26.6. The third-order valence-corrected chi connectivity index (χ3v) is 6.70. The molecule has 146 valence electrons. The molecule has 1 fully saturated rings. The van der Waals surface area contributed by atoms with E-state index in [2.05, 4.69) is 10.2 Å². The number of ether oxygens (including phenoxy) is 1. The van der Waals surface area contributed by atoms with Crippen LogP contribution < -0.4 is 0 Å². The molecule has 2 atom stereocenters. The van der Waals surface area contributed by atoms with Crippen molar-refractivity contribution < 1.29 is 22.7 Å². The summed E-state index contributed by atoms with van der Waals surface area (Å²) in [7, 11) is -3.12. The van der Waals surface area contributed by atoms with Gasteiger partial charge in [-0.2, -0.15) is 5.10 Å². The van der Waals surface area contributed by atoms with Crippen LogP contribution in [-0.4, -0.2) is 65.6 Å². The van der Waals surface area contributed by atoms with Gasteiger partial charge in [0.15, 0.2) is 22.1 Å². The molecule has 1 N–H and O–H groups in total. The van der Waals surface area contributed by atoms with Gasteiger partial charge in [-0.3, -0.25) is 9.89 Å². The molecular formula is C18H23N3O5S. The van der Waals surface area contributed by atoms with Crippen molar-refractivity contribution in [3.8, 4) is 0 Å². The van der Waals surface area contributed by atoms with Gasteiger partial charge in [0.05, 0.1) is 17.0 Å². The zero-order valence-electron chi connectivity index (χ0n) is 15.3. The molecule has 0 spiro atoms. The summed E-state index contributed by atoms with van der Waals surface area (Å²) in [6.07, 6.45) is 1.09. The van der Waals surface area contributed by atoms with E-state index in [1.807, 2.05) is 19.9 Å². The van der Waals surface area contributed by atoms with E-state index in [0.29, 0.717) is 23.7 Å². The van der Waals surface area contributed by atoms with Gasteiger partial charge in [0.2, 0.25) is 0 Å². The number of carbonyl (C=O) groups is 2. The van der Waals surface area contributed by atoms with E-state index in [9.17, 15) is 18.0 Å².